The maximum atomic E-state index is 12.4. The zero-order valence-corrected chi connectivity index (χ0v) is 14.4. The molecule has 2 fully saturated rings. The minimum atomic E-state index is -0.717. The van der Waals surface area contributed by atoms with Crippen molar-refractivity contribution in [3.63, 3.8) is 0 Å². The van der Waals surface area contributed by atoms with E-state index in [1.165, 1.54) is 0 Å². The third-order valence-corrected chi connectivity index (χ3v) is 5.21. The molecule has 6 nitrogen and oxygen atoms in total. The number of carbonyl (C=O) groups is 2. The summed E-state index contributed by atoms with van der Waals surface area (Å²) in [6, 6.07) is 9.80. The predicted octanol–water partition coefficient (Wildman–Crippen LogP) is 2.74. The topological polar surface area (TPSA) is 78.9 Å². The lowest BCUT2D eigenvalue weighted by atomic mass is 9.86. The molecule has 0 aromatic heterocycles. The number of carboxylic acid groups (broad SMARTS) is 1. The van der Waals surface area contributed by atoms with E-state index in [2.05, 4.69) is 5.32 Å². The molecular formula is C19H26N2O4. The van der Waals surface area contributed by atoms with Crippen molar-refractivity contribution < 1.29 is 19.4 Å². The quantitative estimate of drug-likeness (QED) is 0.859. The van der Waals surface area contributed by atoms with Gasteiger partial charge < -0.3 is 20.1 Å². The van der Waals surface area contributed by atoms with Gasteiger partial charge in [-0.1, -0.05) is 18.2 Å². The first-order chi connectivity index (χ1) is 12.1. The summed E-state index contributed by atoms with van der Waals surface area (Å²) in [4.78, 5) is 25.2. The number of likely N-dealkylation sites (tertiary alicyclic amines) is 1. The SMILES string of the molecule is O=C(O)C1CCC(NC(=O)N2CCC(COc3ccccc3)C2)CC1. The molecule has 1 saturated heterocycles. The largest absolute Gasteiger partial charge is 0.493 e. The predicted molar refractivity (Wildman–Crippen MR) is 93.5 cm³/mol. The molecule has 1 saturated carbocycles. The van der Waals surface area contributed by atoms with Crippen LogP contribution in [0.5, 0.6) is 5.75 Å². The highest BCUT2D eigenvalue weighted by atomic mass is 16.5. The van der Waals surface area contributed by atoms with Gasteiger partial charge in [0, 0.05) is 25.0 Å². The number of carbonyl (C=O) groups excluding carboxylic acids is 1. The van der Waals surface area contributed by atoms with Crippen molar-refractivity contribution in [1.29, 1.82) is 0 Å². The molecule has 1 heterocycles. The average molecular weight is 346 g/mol. The molecule has 25 heavy (non-hydrogen) atoms. The van der Waals surface area contributed by atoms with Gasteiger partial charge in [0.15, 0.2) is 0 Å². The van der Waals surface area contributed by atoms with Gasteiger partial charge in [-0.05, 0) is 44.2 Å². The summed E-state index contributed by atoms with van der Waals surface area (Å²) in [6.45, 7) is 2.08. The number of hydrogen-bond acceptors (Lipinski definition) is 3. The van der Waals surface area contributed by atoms with Gasteiger partial charge in [0.25, 0.3) is 0 Å². The summed E-state index contributed by atoms with van der Waals surface area (Å²) in [5.41, 5.74) is 0. The van der Waals surface area contributed by atoms with Crippen LogP contribution < -0.4 is 10.1 Å². The molecule has 3 rings (SSSR count). The van der Waals surface area contributed by atoms with Crippen LogP contribution in [0.4, 0.5) is 4.79 Å². The monoisotopic (exact) mass is 346 g/mol. The lowest BCUT2D eigenvalue weighted by Gasteiger charge is -2.28. The van der Waals surface area contributed by atoms with Gasteiger partial charge in [-0.2, -0.15) is 0 Å². The zero-order chi connectivity index (χ0) is 17.6. The molecule has 2 N–H and O–H groups in total. The average Bonchev–Trinajstić information content (AvgIpc) is 3.10. The number of nitrogens with zero attached hydrogens (tertiary/aromatic N) is 1. The highest BCUT2D eigenvalue weighted by molar-refractivity contribution is 5.75. The Hall–Kier alpha value is -2.24. The van der Waals surface area contributed by atoms with Crippen molar-refractivity contribution >= 4 is 12.0 Å². The number of ether oxygens (including phenoxy) is 1. The van der Waals surface area contributed by atoms with Crippen LogP contribution >= 0.6 is 0 Å². The zero-order valence-electron chi connectivity index (χ0n) is 14.4. The Morgan fingerprint density at radius 2 is 1.84 bits per heavy atom. The number of benzene rings is 1. The molecule has 2 aliphatic rings. The summed E-state index contributed by atoms with van der Waals surface area (Å²) in [6.07, 6.45) is 3.74. The van der Waals surface area contributed by atoms with Crippen LogP contribution in [-0.2, 0) is 4.79 Å². The number of aliphatic carboxylic acids is 1. The molecule has 1 aliphatic heterocycles. The van der Waals surface area contributed by atoms with E-state index in [0.717, 1.165) is 31.6 Å². The van der Waals surface area contributed by atoms with Gasteiger partial charge in [0.05, 0.1) is 12.5 Å². The van der Waals surface area contributed by atoms with Gasteiger partial charge >= 0.3 is 12.0 Å². The van der Waals surface area contributed by atoms with Crippen molar-refractivity contribution in [1.82, 2.24) is 10.2 Å². The molecule has 1 atom stereocenters. The number of nitrogens with one attached hydrogen (secondary N) is 1. The second kappa shape index (κ2) is 8.23. The van der Waals surface area contributed by atoms with Crippen LogP contribution in [0.3, 0.4) is 0 Å². The van der Waals surface area contributed by atoms with E-state index in [-0.39, 0.29) is 18.0 Å². The molecule has 1 aromatic carbocycles. The minimum Gasteiger partial charge on any atom is -0.493 e. The second-order valence-corrected chi connectivity index (χ2v) is 7.06. The Kier molecular flexibility index (Phi) is 5.79. The van der Waals surface area contributed by atoms with Crippen LogP contribution in [-0.4, -0.2) is 47.7 Å². The van der Waals surface area contributed by atoms with Crippen LogP contribution in [0.15, 0.2) is 30.3 Å². The Bertz CT molecular complexity index is 584. The van der Waals surface area contributed by atoms with Gasteiger partial charge in [-0.25, -0.2) is 4.79 Å². The van der Waals surface area contributed by atoms with E-state index in [4.69, 9.17) is 9.84 Å². The summed E-state index contributed by atoms with van der Waals surface area (Å²) in [5.74, 6) is 0.249. The number of urea groups is 1. The van der Waals surface area contributed by atoms with Crippen molar-refractivity contribution in [2.75, 3.05) is 19.7 Å². The van der Waals surface area contributed by atoms with Gasteiger partial charge in [-0.3, -0.25) is 4.79 Å². The Labute approximate surface area is 148 Å². The van der Waals surface area contributed by atoms with Crippen LogP contribution in [0, 0.1) is 11.8 Å². The van der Waals surface area contributed by atoms with E-state index >= 15 is 0 Å². The molecule has 6 heteroatoms. The molecule has 0 radical (unpaired) electrons. The summed E-state index contributed by atoms with van der Waals surface area (Å²) >= 11 is 0. The molecule has 2 amide bonds. The molecule has 1 aliphatic carbocycles. The Balaban J connectivity index is 1.38. The summed E-state index contributed by atoms with van der Waals surface area (Å²) in [7, 11) is 0. The van der Waals surface area contributed by atoms with Crippen molar-refractivity contribution in [3.05, 3.63) is 30.3 Å². The van der Waals surface area contributed by atoms with Crippen molar-refractivity contribution in [2.45, 2.75) is 38.1 Å². The van der Waals surface area contributed by atoms with Gasteiger partial charge in [-0.15, -0.1) is 0 Å². The summed E-state index contributed by atoms with van der Waals surface area (Å²) in [5, 5.41) is 12.1. The normalized spacial score (nSPS) is 26.2. The Morgan fingerprint density at radius 1 is 1.12 bits per heavy atom. The Morgan fingerprint density at radius 3 is 2.52 bits per heavy atom. The maximum Gasteiger partial charge on any atom is 0.317 e. The lowest BCUT2D eigenvalue weighted by molar-refractivity contribution is -0.142. The number of amides is 2. The van der Waals surface area contributed by atoms with E-state index < -0.39 is 5.97 Å². The van der Waals surface area contributed by atoms with E-state index in [0.29, 0.717) is 31.9 Å². The fraction of sp³-hybridized carbons (Fsp3) is 0.579. The highest BCUT2D eigenvalue weighted by Gasteiger charge is 2.30. The highest BCUT2D eigenvalue weighted by Crippen LogP contribution is 2.25. The fourth-order valence-corrected chi connectivity index (χ4v) is 3.63. The first kappa shape index (κ1) is 17.6. The first-order valence-corrected chi connectivity index (χ1v) is 9.08. The molecule has 136 valence electrons. The smallest absolute Gasteiger partial charge is 0.317 e. The number of rotatable bonds is 5. The first-order valence-electron chi connectivity index (χ1n) is 9.08. The van der Waals surface area contributed by atoms with Crippen LogP contribution in [0.1, 0.15) is 32.1 Å². The molecule has 1 unspecified atom stereocenters. The number of para-hydroxylation sites is 1. The van der Waals surface area contributed by atoms with E-state index in [1.807, 2.05) is 35.2 Å². The molecule has 1 aromatic rings. The maximum absolute atomic E-state index is 12.4. The number of carboxylic acids is 1. The van der Waals surface area contributed by atoms with Crippen molar-refractivity contribution in [3.8, 4) is 5.75 Å². The second-order valence-electron chi connectivity index (χ2n) is 7.06. The third-order valence-electron chi connectivity index (χ3n) is 5.21. The van der Waals surface area contributed by atoms with E-state index in [1.54, 1.807) is 0 Å². The lowest BCUT2D eigenvalue weighted by Crippen LogP contribution is -2.45. The fourth-order valence-electron chi connectivity index (χ4n) is 3.63. The molecule has 0 bridgehead atoms. The van der Waals surface area contributed by atoms with E-state index in [9.17, 15) is 9.59 Å². The summed E-state index contributed by atoms with van der Waals surface area (Å²) < 4.78 is 5.79. The number of hydrogen-bond donors (Lipinski definition) is 2. The molecule has 0 spiro atoms. The third kappa shape index (κ3) is 4.87. The minimum absolute atomic E-state index is 0.0269. The van der Waals surface area contributed by atoms with Crippen molar-refractivity contribution in [2.24, 2.45) is 11.8 Å². The van der Waals surface area contributed by atoms with Gasteiger partial charge in [0.2, 0.25) is 0 Å². The van der Waals surface area contributed by atoms with Gasteiger partial charge in [0.1, 0.15) is 5.75 Å². The molecular weight excluding hydrogens is 320 g/mol. The van der Waals surface area contributed by atoms with Crippen LogP contribution in [0.25, 0.3) is 0 Å². The standard InChI is InChI=1S/C19H26N2O4/c22-18(23)15-6-8-16(9-7-15)20-19(24)21-11-10-14(12-21)13-25-17-4-2-1-3-5-17/h1-5,14-16H,6-13H2,(H,20,24)(H,22,23). The van der Waals surface area contributed by atoms with Crippen LogP contribution in [0.2, 0.25) is 0 Å².